The highest BCUT2D eigenvalue weighted by atomic mass is 19.4. The van der Waals surface area contributed by atoms with Crippen molar-refractivity contribution in [2.45, 2.75) is 62.4 Å². The van der Waals surface area contributed by atoms with E-state index in [-0.39, 0.29) is 0 Å². The van der Waals surface area contributed by atoms with Crippen LogP contribution in [0.25, 0.3) is 11.2 Å². The molecule has 1 saturated heterocycles. The second kappa shape index (κ2) is 8.01. The standard InChI is InChI=1S/C17H22F3N5O4/c18-17(19,20)6-28-5-10-12(26)13(27)16(29-10)25-8-23-11-14(21-7-22-15(11)25)24-9-3-1-2-4-9/h7-10,12-13,16,26-27H,1-6H2,(H,21,22,24)/t10-,12-,13-,16-/m1/s1. The van der Waals surface area contributed by atoms with Crippen molar-refractivity contribution in [3.63, 3.8) is 0 Å². The van der Waals surface area contributed by atoms with Gasteiger partial charge >= 0.3 is 6.18 Å². The monoisotopic (exact) mass is 417 g/mol. The van der Waals surface area contributed by atoms with E-state index in [2.05, 4.69) is 25.0 Å². The van der Waals surface area contributed by atoms with Gasteiger partial charge in [0.05, 0.1) is 12.9 Å². The maximum Gasteiger partial charge on any atom is 0.411 e. The lowest BCUT2D eigenvalue weighted by Gasteiger charge is -2.17. The molecule has 0 radical (unpaired) electrons. The van der Waals surface area contributed by atoms with E-state index in [9.17, 15) is 23.4 Å². The molecule has 0 bridgehead atoms. The van der Waals surface area contributed by atoms with E-state index in [1.54, 1.807) is 0 Å². The molecule has 3 heterocycles. The summed E-state index contributed by atoms with van der Waals surface area (Å²) in [5, 5.41) is 23.9. The van der Waals surface area contributed by atoms with Gasteiger partial charge in [0.2, 0.25) is 0 Å². The number of nitrogens with one attached hydrogen (secondary N) is 1. The summed E-state index contributed by atoms with van der Waals surface area (Å²) in [5.41, 5.74) is 0.870. The van der Waals surface area contributed by atoms with E-state index in [4.69, 9.17) is 4.74 Å². The summed E-state index contributed by atoms with van der Waals surface area (Å²) in [4.78, 5) is 12.7. The Hall–Kier alpha value is -2.02. The molecule has 29 heavy (non-hydrogen) atoms. The van der Waals surface area contributed by atoms with Crippen LogP contribution in [-0.4, -0.2) is 73.5 Å². The van der Waals surface area contributed by atoms with Gasteiger partial charge in [-0.25, -0.2) is 15.0 Å². The molecular weight excluding hydrogens is 395 g/mol. The molecule has 1 saturated carbocycles. The first-order valence-electron chi connectivity index (χ1n) is 9.43. The fourth-order valence-electron chi connectivity index (χ4n) is 3.79. The molecule has 3 N–H and O–H groups in total. The van der Waals surface area contributed by atoms with Crippen LogP contribution in [0.1, 0.15) is 31.9 Å². The summed E-state index contributed by atoms with van der Waals surface area (Å²) in [6.45, 7) is -1.97. The van der Waals surface area contributed by atoms with E-state index in [1.807, 2.05) is 0 Å². The van der Waals surface area contributed by atoms with Gasteiger partial charge in [-0.15, -0.1) is 0 Å². The molecule has 0 aromatic carbocycles. The minimum absolute atomic E-state index is 0.309. The summed E-state index contributed by atoms with van der Waals surface area (Å²) in [7, 11) is 0. The van der Waals surface area contributed by atoms with Crippen LogP contribution in [0, 0.1) is 0 Å². The number of alkyl halides is 3. The Labute approximate surface area is 163 Å². The van der Waals surface area contributed by atoms with E-state index in [0.29, 0.717) is 23.0 Å². The molecule has 2 aromatic rings. The highest BCUT2D eigenvalue weighted by Crippen LogP contribution is 2.33. The van der Waals surface area contributed by atoms with Gasteiger partial charge in [-0.1, -0.05) is 12.8 Å². The molecule has 160 valence electrons. The number of fused-ring (bicyclic) bond motifs is 1. The second-order valence-electron chi connectivity index (χ2n) is 7.35. The number of halogens is 3. The Morgan fingerprint density at radius 2 is 1.93 bits per heavy atom. The Morgan fingerprint density at radius 1 is 1.17 bits per heavy atom. The van der Waals surface area contributed by atoms with Crippen molar-refractivity contribution in [1.29, 1.82) is 0 Å². The molecule has 4 atom stereocenters. The van der Waals surface area contributed by atoms with Gasteiger partial charge in [-0.2, -0.15) is 13.2 Å². The lowest BCUT2D eigenvalue weighted by molar-refractivity contribution is -0.184. The first kappa shape index (κ1) is 20.3. The molecule has 2 aliphatic rings. The number of hydrogen-bond acceptors (Lipinski definition) is 8. The first-order valence-corrected chi connectivity index (χ1v) is 9.43. The number of rotatable bonds is 6. The minimum atomic E-state index is -4.48. The Kier molecular flexibility index (Phi) is 5.60. The maximum atomic E-state index is 12.3. The van der Waals surface area contributed by atoms with Crippen LogP contribution in [0.15, 0.2) is 12.7 Å². The molecule has 4 rings (SSSR count). The molecule has 1 aliphatic heterocycles. The first-order chi connectivity index (χ1) is 13.8. The van der Waals surface area contributed by atoms with E-state index in [1.165, 1.54) is 17.2 Å². The second-order valence-corrected chi connectivity index (χ2v) is 7.35. The summed E-state index contributed by atoms with van der Waals surface area (Å²) in [6, 6.07) is 0.309. The number of aromatic nitrogens is 4. The van der Waals surface area contributed by atoms with Crippen molar-refractivity contribution in [2.24, 2.45) is 0 Å². The van der Waals surface area contributed by atoms with E-state index in [0.717, 1.165) is 25.7 Å². The van der Waals surface area contributed by atoms with Gasteiger partial charge < -0.3 is 25.0 Å². The van der Waals surface area contributed by atoms with Gasteiger partial charge in [-0.3, -0.25) is 4.57 Å². The predicted octanol–water partition coefficient (Wildman–Crippen LogP) is 1.38. The predicted molar refractivity (Wildman–Crippen MR) is 94.0 cm³/mol. The fourth-order valence-corrected chi connectivity index (χ4v) is 3.79. The van der Waals surface area contributed by atoms with Crippen LogP contribution in [0.4, 0.5) is 19.0 Å². The number of aliphatic hydroxyl groups excluding tert-OH is 2. The van der Waals surface area contributed by atoms with E-state index < -0.39 is 43.9 Å². The third-order valence-corrected chi connectivity index (χ3v) is 5.21. The number of hydrogen-bond donors (Lipinski definition) is 3. The minimum Gasteiger partial charge on any atom is -0.387 e. The summed E-state index contributed by atoms with van der Waals surface area (Å²) in [5.74, 6) is 0.568. The topological polar surface area (TPSA) is 115 Å². The Balaban J connectivity index is 1.50. The molecule has 0 unspecified atom stereocenters. The quantitative estimate of drug-likeness (QED) is 0.646. The molecule has 1 aliphatic carbocycles. The SMILES string of the molecule is O[C@@H]1[C@H](O)[C@@H](COCC(F)(F)F)O[C@H]1n1cnc2c(NC3CCCC3)ncnc21. The molecule has 2 aromatic heterocycles. The summed E-state index contributed by atoms with van der Waals surface area (Å²) >= 11 is 0. The summed E-state index contributed by atoms with van der Waals surface area (Å²) < 4.78 is 48.3. The van der Waals surface area contributed by atoms with Crippen LogP contribution in [0.3, 0.4) is 0 Å². The van der Waals surface area contributed by atoms with E-state index >= 15 is 0 Å². The lowest BCUT2D eigenvalue weighted by atomic mass is 10.1. The Bertz CT molecular complexity index is 842. The van der Waals surface area contributed by atoms with Crippen LogP contribution in [0.2, 0.25) is 0 Å². The smallest absolute Gasteiger partial charge is 0.387 e. The van der Waals surface area contributed by atoms with Gasteiger partial charge in [0.25, 0.3) is 0 Å². The van der Waals surface area contributed by atoms with Gasteiger partial charge in [0.1, 0.15) is 31.2 Å². The van der Waals surface area contributed by atoms with Crippen molar-refractivity contribution in [2.75, 3.05) is 18.5 Å². The molecular formula is C17H22F3N5O4. The van der Waals surface area contributed by atoms with Gasteiger partial charge in [0.15, 0.2) is 23.2 Å². The van der Waals surface area contributed by atoms with Crippen LogP contribution < -0.4 is 5.32 Å². The zero-order valence-electron chi connectivity index (χ0n) is 15.4. The molecule has 0 spiro atoms. The number of ether oxygens (including phenoxy) is 2. The average molecular weight is 417 g/mol. The largest absolute Gasteiger partial charge is 0.411 e. The van der Waals surface area contributed by atoms with Crippen molar-refractivity contribution in [3.05, 3.63) is 12.7 Å². The highest BCUT2D eigenvalue weighted by Gasteiger charge is 2.45. The molecule has 2 fully saturated rings. The average Bonchev–Trinajstić information content (AvgIpc) is 3.37. The van der Waals surface area contributed by atoms with Crippen LogP contribution in [-0.2, 0) is 9.47 Å². The number of nitrogens with zero attached hydrogens (tertiary/aromatic N) is 4. The fraction of sp³-hybridized carbons (Fsp3) is 0.706. The zero-order chi connectivity index (χ0) is 20.6. The van der Waals surface area contributed by atoms with Crippen molar-refractivity contribution in [3.8, 4) is 0 Å². The third-order valence-electron chi connectivity index (χ3n) is 5.21. The van der Waals surface area contributed by atoms with Crippen molar-refractivity contribution < 1.29 is 32.9 Å². The number of aliphatic hydroxyl groups is 2. The van der Waals surface area contributed by atoms with Crippen molar-refractivity contribution in [1.82, 2.24) is 19.5 Å². The van der Waals surface area contributed by atoms with Crippen LogP contribution in [0.5, 0.6) is 0 Å². The number of imidazole rings is 1. The zero-order valence-corrected chi connectivity index (χ0v) is 15.4. The van der Waals surface area contributed by atoms with Gasteiger partial charge in [0, 0.05) is 6.04 Å². The molecule has 12 heteroatoms. The molecule has 0 amide bonds. The Morgan fingerprint density at radius 3 is 2.66 bits per heavy atom. The third kappa shape index (κ3) is 4.29. The molecule has 9 nitrogen and oxygen atoms in total. The highest BCUT2D eigenvalue weighted by molar-refractivity contribution is 5.82. The lowest BCUT2D eigenvalue weighted by Crippen LogP contribution is -2.34. The normalized spacial score (nSPS) is 28.4. The maximum absolute atomic E-state index is 12.3. The summed E-state index contributed by atoms with van der Waals surface area (Å²) in [6.07, 6.45) is -2.31. The van der Waals surface area contributed by atoms with Crippen molar-refractivity contribution >= 4 is 17.0 Å². The number of anilines is 1. The van der Waals surface area contributed by atoms with Gasteiger partial charge in [-0.05, 0) is 12.8 Å². The van der Waals surface area contributed by atoms with Crippen LogP contribution >= 0.6 is 0 Å².